The van der Waals surface area contributed by atoms with Gasteiger partial charge in [-0.15, -0.1) is 0 Å². The Balaban J connectivity index is 2.23. The van der Waals surface area contributed by atoms with Gasteiger partial charge in [-0.2, -0.15) is 0 Å². The summed E-state index contributed by atoms with van der Waals surface area (Å²) in [5.41, 5.74) is 7.91. The lowest BCUT2D eigenvalue weighted by Gasteiger charge is -2.37. The minimum Gasteiger partial charge on any atom is -0.492 e. The fourth-order valence-electron chi connectivity index (χ4n) is 2.75. The molecule has 3 nitrogen and oxygen atoms in total. The Hall–Kier alpha value is -1.38. The Bertz CT molecular complexity index is 392. The van der Waals surface area contributed by atoms with Crippen molar-refractivity contribution in [1.82, 2.24) is 0 Å². The molecule has 1 aromatic carbocycles. The van der Waals surface area contributed by atoms with Crippen molar-refractivity contribution in [1.29, 1.82) is 0 Å². The molecule has 1 atom stereocenters. The van der Waals surface area contributed by atoms with Gasteiger partial charge in [-0.1, -0.05) is 6.92 Å². The highest BCUT2D eigenvalue weighted by Crippen LogP contribution is 2.32. The van der Waals surface area contributed by atoms with Gasteiger partial charge in [-0.3, -0.25) is 0 Å². The van der Waals surface area contributed by atoms with Crippen LogP contribution in [0.3, 0.4) is 0 Å². The summed E-state index contributed by atoms with van der Waals surface area (Å²) in [5.74, 6) is 0.815. The molecule has 0 saturated carbocycles. The van der Waals surface area contributed by atoms with Gasteiger partial charge in [0.2, 0.25) is 0 Å². The Labute approximate surface area is 110 Å². The maximum atomic E-state index is 5.93. The van der Waals surface area contributed by atoms with Crippen LogP contribution in [0.5, 0.6) is 5.75 Å². The molecule has 2 rings (SSSR count). The third-order valence-corrected chi connectivity index (χ3v) is 3.73. The molecule has 0 radical (unpaired) electrons. The first-order valence-electron chi connectivity index (χ1n) is 7.05. The average Bonchev–Trinajstić information content (AvgIpc) is 2.41. The molecule has 1 saturated heterocycles. The van der Waals surface area contributed by atoms with E-state index in [1.807, 2.05) is 13.0 Å². The van der Waals surface area contributed by atoms with Crippen LogP contribution in [0, 0.1) is 0 Å². The quantitative estimate of drug-likeness (QED) is 0.830. The van der Waals surface area contributed by atoms with Crippen LogP contribution in [0.15, 0.2) is 18.2 Å². The van der Waals surface area contributed by atoms with E-state index in [1.165, 1.54) is 31.4 Å². The lowest BCUT2D eigenvalue weighted by atomic mass is 9.99. The van der Waals surface area contributed by atoms with E-state index in [0.717, 1.165) is 18.0 Å². The summed E-state index contributed by atoms with van der Waals surface area (Å²) in [6.45, 7) is 6.06. The fourth-order valence-corrected chi connectivity index (χ4v) is 2.75. The van der Waals surface area contributed by atoms with Gasteiger partial charge in [0.05, 0.1) is 12.3 Å². The zero-order valence-corrected chi connectivity index (χ0v) is 11.5. The smallest absolute Gasteiger partial charge is 0.144 e. The standard InChI is InChI=1S/C15H24N2O/c1-3-12-7-5-6-10-17(12)13-8-9-14(16)15(11-13)18-4-2/h8-9,11-12H,3-7,10,16H2,1-2H3. The highest BCUT2D eigenvalue weighted by atomic mass is 16.5. The highest BCUT2D eigenvalue weighted by Gasteiger charge is 2.21. The van der Waals surface area contributed by atoms with E-state index in [9.17, 15) is 0 Å². The number of nitrogens with zero attached hydrogens (tertiary/aromatic N) is 1. The van der Waals surface area contributed by atoms with E-state index in [1.54, 1.807) is 0 Å². The maximum Gasteiger partial charge on any atom is 0.144 e. The Morgan fingerprint density at radius 3 is 2.89 bits per heavy atom. The van der Waals surface area contributed by atoms with Gasteiger partial charge in [0.15, 0.2) is 0 Å². The molecule has 1 unspecified atom stereocenters. The van der Waals surface area contributed by atoms with Crippen molar-refractivity contribution in [2.24, 2.45) is 0 Å². The van der Waals surface area contributed by atoms with E-state index < -0.39 is 0 Å². The van der Waals surface area contributed by atoms with Crippen LogP contribution in [-0.2, 0) is 0 Å². The number of hydrogen-bond acceptors (Lipinski definition) is 3. The fraction of sp³-hybridized carbons (Fsp3) is 0.600. The summed E-state index contributed by atoms with van der Waals surface area (Å²) in [6, 6.07) is 6.83. The largest absolute Gasteiger partial charge is 0.492 e. The van der Waals surface area contributed by atoms with E-state index in [0.29, 0.717) is 12.6 Å². The lowest BCUT2D eigenvalue weighted by Crippen LogP contribution is -2.39. The second kappa shape index (κ2) is 5.98. The normalized spacial score (nSPS) is 19.9. The second-order valence-electron chi connectivity index (χ2n) is 4.91. The number of benzene rings is 1. The molecule has 0 aliphatic carbocycles. The minimum atomic E-state index is 0.658. The van der Waals surface area contributed by atoms with Crippen molar-refractivity contribution in [3.05, 3.63) is 18.2 Å². The molecule has 1 aromatic rings. The van der Waals surface area contributed by atoms with Crippen LogP contribution in [0.1, 0.15) is 39.5 Å². The number of hydrogen-bond donors (Lipinski definition) is 1. The average molecular weight is 248 g/mol. The Morgan fingerprint density at radius 1 is 1.33 bits per heavy atom. The molecular formula is C15H24N2O. The first-order chi connectivity index (χ1) is 8.76. The van der Waals surface area contributed by atoms with Crippen LogP contribution in [0.25, 0.3) is 0 Å². The minimum absolute atomic E-state index is 0.658. The first-order valence-corrected chi connectivity index (χ1v) is 7.05. The summed E-state index contributed by atoms with van der Waals surface area (Å²) >= 11 is 0. The number of rotatable bonds is 4. The molecule has 1 aliphatic heterocycles. The lowest BCUT2D eigenvalue weighted by molar-refractivity contribution is 0.342. The second-order valence-corrected chi connectivity index (χ2v) is 4.91. The number of nitrogens with two attached hydrogens (primary N) is 1. The summed E-state index contributed by atoms with van der Waals surface area (Å²) in [5, 5.41) is 0. The van der Waals surface area contributed by atoms with Gasteiger partial charge in [0.25, 0.3) is 0 Å². The molecule has 1 fully saturated rings. The molecular weight excluding hydrogens is 224 g/mol. The zero-order valence-electron chi connectivity index (χ0n) is 11.5. The van der Waals surface area contributed by atoms with Crippen molar-refractivity contribution < 1.29 is 4.74 Å². The van der Waals surface area contributed by atoms with Crippen molar-refractivity contribution in [2.75, 3.05) is 23.8 Å². The predicted octanol–water partition coefficient (Wildman–Crippen LogP) is 3.44. The molecule has 18 heavy (non-hydrogen) atoms. The highest BCUT2D eigenvalue weighted by molar-refractivity contribution is 5.62. The van der Waals surface area contributed by atoms with Crippen molar-refractivity contribution in [2.45, 2.75) is 45.6 Å². The zero-order chi connectivity index (χ0) is 13.0. The number of ether oxygens (including phenoxy) is 1. The van der Waals surface area contributed by atoms with Crippen LogP contribution in [0.2, 0.25) is 0 Å². The molecule has 0 bridgehead atoms. The maximum absolute atomic E-state index is 5.93. The van der Waals surface area contributed by atoms with Crippen molar-refractivity contribution in [3.63, 3.8) is 0 Å². The molecule has 1 heterocycles. The first kappa shape index (κ1) is 13.1. The van der Waals surface area contributed by atoms with E-state index in [2.05, 4.69) is 24.0 Å². The van der Waals surface area contributed by atoms with E-state index >= 15 is 0 Å². The molecule has 2 N–H and O–H groups in total. The van der Waals surface area contributed by atoms with Crippen molar-refractivity contribution >= 4 is 11.4 Å². The Kier molecular flexibility index (Phi) is 4.34. The molecule has 0 amide bonds. The third-order valence-electron chi connectivity index (χ3n) is 3.73. The van der Waals surface area contributed by atoms with Crippen LogP contribution in [0.4, 0.5) is 11.4 Å². The topological polar surface area (TPSA) is 38.5 Å². The van der Waals surface area contributed by atoms with Crippen molar-refractivity contribution in [3.8, 4) is 5.75 Å². The third kappa shape index (κ3) is 2.71. The molecule has 0 spiro atoms. The number of anilines is 2. The van der Waals surface area contributed by atoms with Gasteiger partial charge in [0, 0.05) is 24.3 Å². The van der Waals surface area contributed by atoms with Crippen LogP contribution < -0.4 is 15.4 Å². The van der Waals surface area contributed by atoms with Gasteiger partial charge in [-0.05, 0) is 44.7 Å². The summed E-state index contributed by atoms with van der Waals surface area (Å²) in [7, 11) is 0. The monoisotopic (exact) mass is 248 g/mol. The molecule has 3 heteroatoms. The van der Waals surface area contributed by atoms with Gasteiger partial charge in [-0.25, -0.2) is 0 Å². The van der Waals surface area contributed by atoms with E-state index in [4.69, 9.17) is 10.5 Å². The van der Waals surface area contributed by atoms with E-state index in [-0.39, 0.29) is 0 Å². The molecule has 1 aliphatic rings. The van der Waals surface area contributed by atoms with Crippen LogP contribution in [-0.4, -0.2) is 19.2 Å². The molecule has 0 aromatic heterocycles. The van der Waals surface area contributed by atoms with Gasteiger partial charge in [0.1, 0.15) is 5.75 Å². The number of nitrogen functional groups attached to an aromatic ring is 1. The van der Waals surface area contributed by atoms with Gasteiger partial charge < -0.3 is 15.4 Å². The number of piperidine rings is 1. The molecule has 100 valence electrons. The Morgan fingerprint density at radius 2 is 2.17 bits per heavy atom. The SMILES string of the molecule is CCOc1cc(N2CCCCC2CC)ccc1N. The van der Waals surface area contributed by atoms with Gasteiger partial charge >= 0.3 is 0 Å². The van der Waals surface area contributed by atoms with Crippen LogP contribution >= 0.6 is 0 Å². The predicted molar refractivity (Wildman–Crippen MR) is 77.3 cm³/mol. The summed E-state index contributed by atoms with van der Waals surface area (Å²) in [6.07, 6.45) is 5.13. The summed E-state index contributed by atoms with van der Waals surface area (Å²) in [4.78, 5) is 2.51. The summed E-state index contributed by atoms with van der Waals surface area (Å²) < 4.78 is 5.59.